The minimum absolute atomic E-state index is 0. The summed E-state index contributed by atoms with van der Waals surface area (Å²) in [5, 5.41) is 12.0. The molecule has 0 bridgehead atoms. The second kappa shape index (κ2) is 7.50. The van der Waals surface area contributed by atoms with Gasteiger partial charge in [0.1, 0.15) is 5.82 Å². The number of aryl methyl sites for hydroxylation is 2. The molecule has 8 heteroatoms. The summed E-state index contributed by atoms with van der Waals surface area (Å²) in [7, 11) is 1.88. The van der Waals surface area contributed by atoms with E-state index in [4.69, 9.17) is 4.74 Å². The van der Waals surface area contributed by atoms with Gasteiger partial charge in [0.25, 0.3) is 0 Å². The summed E-state index contributed by atoms with van der Waals surface area (Å²) in [6.07, 6.45) is 8.58. The first-order valence-electron chi connectivity index (χ1n) is 10.3. The lowest BCUT2D eigenvalue weighted by molar-refractivity contribution is -0.171. The number of halogens is 1. The van der Waals surface area contributed by atoms with E-state index in [0.717, 1.165) is 50.0 Å². The number of fused-ring (bicyclic) bond motifs is 3. The Labute approximate surface area is 178 Å². The van der Waals surface area contributed by atoms with Gasteiger partial charge in [-0.25, -0.2) is 9.67 Å². The zero-order chi connectivity index (χ0) is 17.7. The fourth-order valence-electron chi connectivity index (χ4n) is 5.60. The third kappa shape index (κ3) is 3.07. The SMILES string of the molecule is CCc1nc2n(n1)CC(NC(=NC)NC1C3CCOC3C13CCC3)CC2.I. The molecular weight excluding hydrogens is 455 g/mol. The number of guanidine groups is 1. The average molecular weight is 486 g/mol. The summed E-state index contributed by atoms with van der Waals surface area (Å²) in [5.74, 6) is 3.68. The van der Waals surface area contributed by atoms with Crippen LogP contribution >= 0.6 is 24.0 Å². The molecule has 3 fully saturated rings. The number of rotatable bonds is 3. The van der Waals surface area contributed by atoms with Gasteiger partial charge < -0.3 is 15.4 Å². The van der Waals surface area contributed by atoms with Gasteiger partial charge in [-0.1, -0.05) is 13.3 Å². The molecule has 150 valence electrons. The van der Waals surface area contributed by atoms with Crippen molar-refractivity contribution in [1.29, 1.82) is 0 Å². The Balaban J connectivity index is 0.00000180. The maximum atomic E-state index is 6.04. The van der Waals surface area contributed by atoms with Crippen LogP contribution in [0.15, 0.2) is 4.99 Å². The van der Waals surface area contributed by atoms with Gasteiger partial charge in [0.2, 0.25) is 0 Å². The lowest BCUT2D eigenvalue weighted by atomic mass is 9.46. The summed E-state index contributed by atoms with van der Waals surface area (Å²) in [4.78, 5) is 9.14. The Morgan fingerprint density at radius 3 is 2.89 bits per heavy atom. The number of hydrogen-bond donors (Lipinski definition) is 2. The van der Waals surface area contributed by atoms with Crippen LogP contribution in [0.1, 0.15) is 50.7 Å². The molecule has 27 heavy (non-hydrogen) atoms. The van der Waals surface area contributed by atoms with E-state index in [1.807, 2.05) is 7.05 Å². The molecule has 2 N–H and O–H groups in total. The van der Waals surface area contributed by atoms with Crippen molar-refractivity contribution in [3.05, 3.63) is 11.6 Å². The van der Waals surface area contributed by atoms with Gasteiger partial charge in [-0.3, -0.25) is 4.99 Å². The third-order valence-electron chi connectivity index (χ3n) is 7.11. The molecule has 7 nitrogen and oxygen atoms in total. The fraction of sp³-hybridized carbons (Fsp3) is 0.842. The van der Waals surface area contributed by atoms with Gasteiger partial charge in [-0.05, 0) is 25.7 Å². The van der Waals surface area contributed by atoms with Crippen molar-refractivity contribution in [1.82, 2.24) is 25.4 Å². The molecule has 0 aromatic carbocycles. The largest absolute Gasteiger partial charge is 0.377 e. The van der Waals surface area contributed by atoms with Gasteiger partial charge in [0.15, 0.2) is 11.8 Å². The zero-order valence-electron chi connectivity index (χ0n) is 16.3. The molecule has 1 saturated heterocycles. The molecule has 1 aromatic rings. The Morgan fingerprint density at radius 2 is 2.19 bits per heavy atom. The molecule has 0 radical (unpaired) electrons. The monoisotopic (exact) mass is 486 g/mol. The predicted octanol–water partition coefficient (Wildman–Crippen LogP) is 1.90. The normalized spacial score (nSPS) is 33.3. The van der Waals surface area contributed by atoms with Crippen LogP contribution in [0.3, 0.4) is 0 Å². The van der Waals surface area contributed by atoms with E-state index in [0.29, 0.717) is 29.5 Å². The van der Waals surface area contributed by atoms with Crippen molar-refractivity contribution < 1.29 is 4.74 Å². The number of ether oxygens (including phenoxy) is 1. The van der Waals surface area contributed by atoms with Crippen molar-refractivity contribution >= 4 is 29.9 Å². The highest BCUT2D eigenvalue weighted by Crippen LogP contribution is 2.62. The first-order chi connectivity index (χ1) is 12.7. The first-order valence-corrected chi connectivity index (χ1v) is 10.3. The Hall–Kier alpha value is -0.900. The van der Waals surface area contributed by atoms with E-state index in [1.54, 1.807) is 0 Å². The molecular formula is C19H31IN6O. The van der Waals surface area contributed by atoms with E-state index < -0.39 is 0 Å². The second-order valence-corrected chi connectivity index (χ2v) is 8.38. The van der Waals surface area contributed by atoms with Gasteiger partial charge >= 0.3 is 0 Å². The quantitative estimate of drug-likeness (QED) is 0.388. The van der Waals surface area contributed by atoms with E-state index in [-0.39, 0.29) is 24.0 Å². The van der Waals surface area contributed by atoms with E-state index in [2.05, 4.69) is 37.3 Å². The summed E-state index contributed by atoms with van der Waals surface area (Å²) in [6, 6.07) is 0.875. The standard InChI is InChI=1S/C19H30N6O.HI/c1-3-14-22-15-6-5-12(11-25(15)24-14)21-18(20-2)23-16-13-7-10-26-17(13)19(16)8-4-9-19;/h12-13,16-17H,3-11H2,1-2H3,(H2,20,21,23);1H. The predicted molar refractivity (Wildman–Crippen MR) is 114 cm³/mol. The topological polar surface area (TPSA) is 76.4 Å². The maximum Gasteiger partial charge on any atom is 0.191 e. The molecule has 0 amide bonds. The van der Waals surface area contributed by atoms with Crippen LogP contribution in [0.5, 0.6) is 0 Å². The maximum absolute atomic E-state index is 6.04. The summed E-state index contributed by atoms with van der Waals surface area (Å²) in [5.41, 5.74) is 0.375. The summed E-state index contributed by atoms with van der Waals surface area (Å²) in [6.45, 7) is 3.91. The van der Waals surface area contributed by atoms with E-state index in [1.165, 1.54) is 25.7 Å². The molecule has 1 spiro atoms. The van der Waals surface area contributed by atoms with Crippen molar-refractivity contribution in [2.75, 3.05) is 13.7 Å². The molecule has 4 unspecified atom stereocenters. The highest BCUT2D eigenvalue weighted by atomic mass is 127. The van der Waals surface area contributed by atoms with Crippen molar-refractivity contribution in [2.45, 2.75) is 76.6 Å². The van der Waals surface area contributed by atoms with Crippen LogP contribution in [0.25, 0.3) is 0 Å². The number of aliphatic imine (C=N–C) groups is 1. The van der Waals surface area contributed by atoms with Crippen LogP contribution in [-0.2, 0) is 24.1 Å². The summed E-state index contributed by atoms with van der Waals surface area (Å²) >= 11 is 0. The third-order valence-corrected chi connectivity index (χ3v) is 7.11. The van der Waals surface area contributed by atoms with E-state index in [9.17, 15) is 0 Å². The lowest BCUT2D eigenvalue weighted by Crippen LogP contribution is -2.72. The Bertz CT molecular complexity index is 715. The molecule has 2 saturated carbocycles. The average Bonchev–Trinajstić information content (AvgIpc) is 3.21. The van der Waals surface area contributed by atoms with Crippen LogP contribution in [0.4, 0.5) is 0 Å². The number of nitrogens with zero attached hydrogens (tertiary/aromatic N) is 4. The van der Waals surface area contributed by atoms with E-state index >= 15 is 0 Å². The Morgan fingerprint density at radius 1 is 1.33 bits per heavy atom. The van der Waals surface area contributed by atoms with Gasteiger partial charge in [-0.15, -0.1) is 24.0 Å². The fourth-order valence-corrected chi connectivity index (χ4v) is 5.60. The minimum Gasteiger partial charge on any atom is -0.377 e. The number of aromatic nitrogens is 3. The number of hydrogen-bond acceptors (Lipinski definition) is 4. The molecule has 2 aliphatic heterocycles. The van der Waals surface area contributed by atoms with Crippen molar-refractivity contribution in [2.24, 2.45) is 16.3 Å². The molecule has 4 aliphatic rings. The van der Waals surface area contributed by atoms with Gasteiger partial charge in [0.05, 0.1) is 12.6 Å². The molecule has 4 atom stereocenters. The van der Waals surface area contributed by atoms with Crippen molar-refractivity contribution in [3.8, 4) is 0 Å². The highest BCUT2D eigenvalue weighted by Gasteiger charge is 2.66. The van der Waals surface area contributed by atoms with Crippen LogP contribution in [0.2, 0.25) is 0 Å². The smallest absolute Gasteiger partial charge is 0.191 e. The molecule has 3 heterocycles. The Kier molecular flexibility index (Phi) is 5.39. The molecule has 1 aromatic heterocycles. The van der Waals surface area contributed by atoms with Gasteiger partial charge in [0, 0.05) is 49.9 Å². The summed E-state index contributed by atoms with van der Waals surface area (Å²) < 4.78 is 8.11. The zero-order valence-corrected chi connectivity index (χ0v) is 18.6. The minimum atomic E-state index is 0. The van der Waals surface area contributed by atoms with Crippen LogP contribution in [0, 0.1) is 11.3 Å². The van der Waals surface area contributed by atoms with Crippen molar-refractivity contribution in [3.63, 3.8) is 0 Å². The number of nitrogens with one attached hydrogen (secondary N) is 2. The molecule has 5 rings (SSSR count). The second-order valence-electron chi connectivity index (χ2n) is 8.38. The highest BCUT2D eigenvalue weighted by molar-refractivity contribution is 14.0. The van der Waals surface area contributed by atoms with Crippen LogP contribution in [-0.4, -0.2) is 52.6 Å². The van der Waals surface area contributed by atoms with Gasteiger partial charge in [-0.2, -0.15) is 5.10 Å². The van der Waals surface area contributed by atoms with Crippen LogP contribution < -0.4 is 10.6 Å². The first kappa shape index (κ1) is 19.4. The molecule has 2 aliphatic carbocycles. The lowest BCUT2D eigenvalue weighted by Gasteiger charge is -2.63.